The predicted molar refractivity (Wildman–Crippen MR) is 91.8 cm³/mol. The fourth-order valence-corrected chi connectivity index (χ4v) is 3.45. The molecule has 3 aromatic heterocycles. The summed E-state index contributed by atoms with van der Waals surface area (Å²) in [4.78, 5) is 24.1. The van der Waals surface area contributed by atoms with Gasteiger partial charge in [0.25, 0.3) is 5.56 Å². The lowest BCUT2D eigenvalue weighted by Crippen LogP contribution is -2.12. The van der Waals surface area contributed by atoms with Crippen LogP contribution in [0.25, 0.3) is 16.4 Å². The van der Waals surface area contributed by atoms with E-state index in [9.17, 15) is 4.79 Å². The highest BCUT2D eigenvalue weighted by Crippen LogP contribution is 2.32. The van der Waals surface area contributed by atoms with Crippen LogP contribution in [0.4, 0.5) is 0 Å². The van der Waals surface area contributed by atoms with Crippen molar-refractivity contribution in [1.29, 1.82) is 0 Å². The number of nitrogens with zero attached hydrogens (tertiary/aromatic N) is 3. The summed E-state index contributed by atoms with van der Waals surface area (Å²) < 4.78 is 2.03. The molecule has 0 radical (unpaired) electrons. The van der Waals surface area contributed by atoms with Gasteiger partial charge >= 0.3 is 0 Å². The summed E-state index contributed by atoms with van der Waals surface area (Å²) in [5.41, 5.74) is 1.65. The zero-order chi connectivity index (χ0) is 15.8. The predicted octanol–water partition coefficient (Wildman–Crippen LogP) is 3.42. The number of benzene rings is 1. The number of fused-ring (bicyclic) bond motifs is 2. The summed E-state index contributed by atoms with van der Waals surface area (Å²) in [5.74, 6) is 0.659. The average Bonchev–Trinajstić information content (AvgIpc) is 2.98. The van der Waals surface area contributed by atoms with Crippen LogP contribution in [0.3, 0.4) is 0 Å². The van der Waals surface area contributed by atoms with E-state index in [1.165, 1.54) is 0 Å². The van der Waals surface area contributed by atoms with Gasteiger partial charge in [0.2, 0.25) is 0 Å². The van der Waals surface area contributed by atoms with Crippen molar-refractivity contribution in [3.63, 3.8) is 0 Å². The number of hydrogen-bond acceptors (Lipinski definition) is 4. The average molecular weight is 322 g/mol. The number of aromatic nitrogens is 4. The Labute approximate surface area is 136 Å². The highest BCUT2D eigenvalue weighted by atomic mass is 32.2. The number of thioether (sulfide) groups is 1. The molecule has 4 aromatic rings. The molecule has 1 N–H and O–H groups in total. The molecule has 0 saturated heterocycles. The van der Waals surface area contributed by atoms with Gasteiger partial charge < -0.3 is 4.98 Å². The first-order valence-electron chi connectivity index (χ1n) is 7.30. The third-order valence-corrected chi connectivity index (χ3v) is 4.79. The first-order chi connectivity index (χ1) is 11.2. The number of rotatable bonds is 3. The maximum absolute atomic E-state index is 12.2. The topological polar surface area (TPSA) is 63.1 Å². The highest BCUT2D eigenvalue weighted by molar-refractivity contribution is 7.99. The Bertz CT molecular complexity index is 1050. The largest absolute Gasteiger partial charge is 0.309 e. The van der Waals surface area contributed by atoms with E-state index in [-0.39, 0.29) is 10.8 Å². The summed E-state index contributed by atoms with van der Waals surface area (Å²) in [7, 11) is 0. The van der Waals surface area contributed by atoms with Crippen molar-refractivity contribution in [1.82, 2.24) is 19.4 Å². The second-order valence-electron chi connectivity index (χ2n) is 5.26. The highest BCUT2D eigenvalue weighted by Gasteiger charge is 2.15. The summed E-state index contributed by atoms with van der Waals surface area (Å²) in [5, 5.41) is 1.47. The normalized spacial score (nSPS) is 12.7. The van der Waals surface area contributed by atoms with Crippen LogP contribution in [0.15, 0.2) is 64.8 Å². The van der Waals surface area contributed by atoms with Gasteiger partial charge in [0.15, 0.2) is 5.16 Å². The van der Waals surface area contributed by atoms with Crippen molar-refractivity contribution in [3.05, 3.63) is 71.0 Å². The maximum Gasteiger partial charge on any atom is 0.258 e. The Morgan fingerprint density at radius 1 is 1.17 bits per heavy atom. The van der Waals surface area contributed by atoms with Crippen LogP contribution >= 0.6 is 11.8 Å². The van der Waals surface area contributed by atoms with E-state index in [0.29, 0.717) is 16.7 Å². The lowest BCUT2D eigenvalue weighted by atomic mass is 10.2. The minimum absolute atomic E-state index is 0.0156. The molecule has 0 amide bonds. The molecule has 0 unspecified atom stereocenters. The number of pyridine rings is 1. The molecule has 5 nitrogen and oxygen atoms in total. The molecule has 114 valence electrons. The molecule has 1 atom stereocenters. The van der Waals surface area contributed by atoms with Crippen molar-refractivity contribution < 1.29 is 0 Å². The maximum atomic E-state index is 12.2. The smallest absolute Gasteiger partial charge is 0.258 e. The lowest BCUT2D eigenvalue weighted by Gasteiger charge is -2.10. The van der Waals surface area contributed by atoms with Crippen molar-refractivity contribution in [2.45, 2.75) is 17.3 Å². The molecule has 23 heavy (non-hydrogen) atoms. The van der Waals surface area contributed by atoms with Gasteiger partial charge in [-0.05, 0) is 31.2 Å². The van der Waals surface area contributed by atoms with Crippen LogP contribution in [-0.2, 0) is 0 Å². The molecule has 0 bridgehead atoms. The number of nitrogens with one attached hydrogen (secondary N) is 1. The first kappa shape index (κ1) is 14.0. The molecule has 0 fully saturated rings. The third kappa shape index (κ3) is 2.51. The Hall–Kier alpha value is -2.60. The molecular formula is C17H14N4OS. The van der Waals surface area contributed by atoms with Crippen LogP contribution < -0.4 is 5.56 Å². The van der Waals surface area contributed by atoms with E-state index in [1.807, 2.05) is 60.1 Å². The summed E-state index contributed by atoms with van der Waals surface area (Å²) in [6, 6.07) is 13.3. The Morgan fingerprint density at radius 2 is 2.00 bits per heavy atom. The van der Waals surface area contributed by atoms with E-state index in [4.69, 9.17) is 0 Å². The van der Waals surface area contributed by atoms with Gasteiger partial charge in [-0.1, -0.05) is 30.0 Å². The molecule has 0 spiro atoms. The molecule has 1 aromatic carbocycles. The van der Waals surface area contributed by atoms with Crippen LogP contribution in [0.2, 0.25) is 0 Å². The number of hydrogen-bond donors (Lipinski definition) is 1. The molecule has 0 saturated carbocycles. The molecule has 0 aliphatic rings. The third-order valence-electron chi connectivity index (χ3n) is 3.70. The van der Waals surface area contributed by atoms with E-state index in [0.717, 1.165) is 10.7 Å². The van der Waals surface area contributed by atoms with E-state index in [2.05, 4.69) is 15.0 Å². The molecule has 3 heterocycles. The fourth-order valence-electron chi connectivity index (χ4n) is 2.52. The van der Waals surface area contributed by atoms with Gasteiger partial charge in [0.05, 0.1) is 27.9 Å². The van der Waals surface area contributed by atoms with Gasteiger partial charge in [-0.15, -0.1) is 0 Å². The van der Waals surface area contributed by atoms with Crippen LogP contribution in [0.1, 0.15) is 18.0 Å². The zero-order valence-electron chi connectivity index (χ0n) is 12.4. The van der Waals surface area contributed by atoms with Crippen molar-refractivity contribution in [2.24, 2.45) is 0 Å². The lowest BCUT2D eigenvalue weighted by molar-refractivity contribution is 0.897. The van der Waals surface area contributed by atoms with Crippen LogP contribution in [0.5, 0.6) is 0 Å². The van der Waals surface area contributed by atoms with Gasteiger partial charge in [0.1, 0.15) is 5.82 Å². The summed E-state index contributed by atoms with van der Waals surface area (Å²) >= 11 is 1.57. The van der Waals surface area contributed by atoms with E-state index >= 15 is 0 Å². The van der Waals surface area contributed by atoms with Crippen molar-refractivity contribution >= 4 is 28.2 Å². The number of aromatic amines is 1. The quantitative estimate of drug-likeness (QED) is 0.587. The van der Waals surface area contributed by atoms with Crippen LogP contribution in [-0.4, -0.2) is 19.4 Å². The van der Waals surface area contributed by atoms with Crippen molar-refractivity contribution in [2.75, 3.05) is 0 Å². The molecular weight excluding hydrogens is 308 g/mol. The first-order valence-corrected chi connectivity index (χ1v) is 8.18. The second-order valence-corrected chi connectivity index (χ2v) is 6.57. The second kappa shape index (κ2) is 5.55. The molecule has 0 aliphatic heterocycles. The zero-order valence-corrected chi connectivity index (χ0v) is 13.2. The number of imidazole rings is 1. The summed E-state index contributed by atoms with van der Waals surface area (Å²) in [6.07, 6.45) is 3.82. The van der Waals surface area contributed by atoms with Crippen LogP contribution in [0, 0.1) is 0 Å². The molecule has 4 rings (SSSR count). The Morgan fingerprint density at radius 3 is 2.91 bits per heavy atom. The monoisotopic (exact) mass is 322 g/mol. The summed E-state index contributed by atoms with van der Waals surface area (Å²) in [6.45, 7) is 2.02. The number of H-pyrrole nitrogens is 1. The Kier molecular flexibility index (Phi) is 3.38. The standard InChI is InChI=1S/C17H14N4OS/c1-11(23-17-18-10-12-6-4-5-9-21(12)17)15-19-14-8-3-2-7-13(14)16(22)20-15/h2-11H,1H3,(H,19,20,22)/t11-/m0/s1. The molecule has 0 aliphatic carbocycles. The molecule has 6 heteroatoms. The minimum Gasteiger partial charge on any atom is -0.309 e. The number of para-hydroxylation sites is 1. The van der Waals surface area contributed by atoms with Gasteiger partial charge in [0, 0.05) is 6.20 Å². The van der Waals surface area contributed by atoms with E-state index in [1.54, 1.807) is 17.8 Å². The Balaban J connectivity index is 1.72. The van der Waals surface area contributed by atoms with Gasteiger partial charge in [-0.3, -0.25) is 9.20 Å². The fraction of sp³-hybridized carbons (Fsp3) is 0.118. The minimum atomic E-state index is -0.106. The van der Waals surface area contributed by atoms with Crippen molar-refractivity contribution in [3.8, 4) is 0 Å². The van der Waals surface area contributed by atoms with Gasteiger partial charge in [-0.2, -0.15) is 0 Å². The van der Waals surface area contributed by atoms with Gasteiger partial charge in [-0.25, -0.2) is 9.97 Å². The van der Waals surface area contributed by atoms with E-state index < -0.39 is 0 Å². The SMILES string of the molecule is C[C@H](Sc1ncc2ccccn12)c1nc2ccccc2c(=O)[nH]1.